The summed E-state index contributed by atoms with van der Waals surface area (Å²) in [6, 6.07) is 0. The summed E-state index contributed by atoms with van der Waals surface area (Å²) in [5.41, 5.74) is 0. The highest BCUT2D eigenvalue weighted by atomic mass is 32.2. The van der Waals surface area contributed by atoms with Gasteiger partial charge in [-0.3, -0.25) is 4.21 Å². The molecule has 0 aliphatic heterocycles. The van der Waals surface area contributed by atoms with Crippen LogP contribution in [0.5, 0.6) is 0 Å². The van der Waals surface area contributed by atoms with Gasteiger partial charge in [0, 0.05) is 21.3 Å². The van der Waals surface area contributed by atoms with E-state index in [9.17, 15) is 8.76 Å². The predicted molar refractivity (Wildman–Crippen MR) is 40.6 cm³/mol. The van der Waals surface area contributed by atoms with Crippen LogP contribution in [-0.2, 0) is 24.4 Å². The van der Waals surface area contributed by atoms with Crippen molar-refractivity contribution in [2.45, 2.75) is 0 Å². The molecule has 0 saturated heterocycles. The van der Waals surface area contributed by atoms with Crippen LogP contribution in [0.4, 0.5) is 0 Å². The minimum absolute atomic E-state index is 0.212. The first-order chi connectivity index (χ1) is 5.10. The lowest BCUT2D eigenvalue weighted by atomic mass is 11.8. The van der Waals surface area contributed by atoms with Gasteiger partial charge in [-0.05, 0) is 0 Å². The molecule has 0 bridgehead atoms. The Kier molecular flexibility index (Phi) is 5.05. The van der Waals surface area contributed by atoms with E-state index in [4.69, 9.17) is 13.3 Å². The average Bonchev–Trinajstić information content (AvgIpc) is 2.00. The number of hydrogen-bond donors (Lipinski definition) is 0. The Bertz CT molecular complexity index is 128. The number of rotatable bonds is 5. The normalized spacial score (nSPS) is 14.9. The highest BCUT2D eigenvalue weighted by Crippen LogP contribution is 2.06. The molecule has 0 fully saturated rings. The lowest BCUT2D eigenvalue weighted by molar-refractivity contribution is 0.130. The van der Waals surface area contributed by atoms with Gasteiger partial charge in [0.15, 0.2) is 0 Å². The van der Waals surface area contributed by atoms with E-state index in [0.29, 0.717) is 0 Å². The fraction of sp³-hybridized carbons (Fsp3) is 1.00. The summed E-state index contributed by atoms with van der Waals surface area (Å²) < 4.78 is 35.1. The molecule has 0 aromatic heterocycles. The summed E-state index contributed by atoms with van der Waals surface area (Å²) in [6.07, 6.45) is 0. The molecule has 7 heteroatoms. The summed E-state index contributed by atoms with van der Waals surface area (Å²) in [5.74, 6) is 0. The van der Waals surface area contributed by atoms with Gasteiger partial charge in [-0.15, -0.1) is 0 Å². The van der Waals surface area contributed by atoms with Crippen LogP contribution in [0.1, 0.15) is 0 Å². The first-order valence-corrected chi connectivity index (χ1v) is 5.99. The summed E-state index contributed by atoms with van der Waals surface area (Å²) in [4.78, 5) is 0. The van der Waals surface area contributed by atoms with Gasteiger partial charge in [0.05, 0.1) is 5.38 Å². The van der Waals surface area contributed by atoms with Crippen molar-refractivity contribution in [2.24, 2.45) is 0 Å². The van der Waals surface area contributed by atoms with Gasteiger partial charge in [-0.25, -0.2) is 0 Å². The molecule has 0 N–H and O–H groups in total. The Morgan fingerprint density at radius 1 is 1.27 bits per heavy atom. The summed E-state index contributed by atoms with van der Waals surface area (Å²) in [7, 11) is 1.21. The largest absolute Gasteiger partial charge is 0.772 e. The quantitative estimate of drug-likeness (QED) is 0.432. The molecule has 1 atom stereocenters. The second kappa shape index (κ2) is 4.96. The summed E-state index contributed by atoms with van der Waals surface area (Å²) in [6.45, 7) is 0. The van der Waals surface area contributed by atoms with E-state index in [2.05, 4.69) is 0 Å². The lowest BCUT2D eigenvalue weighted by Crippen LogP contribution is -2.48. The van der Waals surface area contributed by atoms with Crippen molar-refractivity contribution in [3.05, 3.63) is 0 Å². The average molecular weight is 199 g/mol. The molecule has 0 saturated carbocycles. The Morgan fingerprint density at radius 3 is 1.73 bits per heavy atom. The Labute approximate surface area is 69.3 Å². The molecule has 0 aromatic rings. The second-order valence-electron chi connectivity index (χ2n) is 1.74. The van der Waals surface area contributed by atoms with E-state index in [1.54, 1.807) is 0 Å². The van der Waals surface area contributed by atoms with Crippen molar-refractivity contribution in [3.63, 3.8) is 0 Å². The zero-order valence-corrected chi connectivity index (χ0v) is 8.47. The Balaban J connectivity index is 4.16. The van der Waals surface area contributed by atoms with E-state index in [1.807, 2.05) is 0 Å². The van der Waals surface area contributed by atoms with Crippen LogP contribution in [0, 0.1) is 0 Å². The van der Waals surface area contributed by atoms with Crippen molar-refractivity contribution in [1.82, 2.24) is 0 Å². The van der Waals surface area contributed by atoms with Crippen molar-refractivity contribution >= 4 is 19.9 Å². The van der Waals surface area contributed by atoms with Gasteiger partial charge in [-0.2, -0.15) is 0 Å². The van der Waals surface area contributed by atoms with E-state index in [0.717, 1.165) is 0 Å². The molecule has 11 heavy (non-hydrogen) atoms. The molecule has 1 unspecified atom stereocenters. The van der Waals surface area contributed by atoms with Crippen LogP contribution in [0.15, 0.2) is 0 Å². The molecule has 0 spiro atoms. The topological polar surface area (TPSA) is 67.8 Å². The van der Waals surface area contributed by atoms with Gasteiger partial charge < -0.3 is 17.8 Å². The molecule has 0 rings (SSSR count). The first-order valence-electron chi connectivity index (χ1n) is 2.81. The molecular formula is C4H11O5SSi-. The first kappa shape index (κ1) is 11.2. The monoisotopic (exact) mass is 199 g/mol. The molecule has 0 aromatic carbocycles. The van der Waals surface area contributed by atoms with Gasteiger partial charge in [-0.1, -0.05) is 11.1 Å². The van der Waals surface area contributed by atoms with Crippen LogP contribution < -0.4 is 0 Å². The van der Waals surface area contributed by atoms with E-state index in [1.165, 1.54) is 21.3 Å². The smallest absolute Gasteiger partial charge is 0.512 e. The standard InChI is InChI=1S/C4H12O5SSi/c1-7-11(8-2,9-3)4-10(5)6/h4H2,1-3H3,(H,5,6)/p-1. The molecular weight excluding hydrogens is 188 g/mol. The van der Waals surface area contributed by atoms with Gasteiger partial charge in [0.2, 0.25) is 0 Å². The fourth-order valence-corrected chi connectivity index (χ4v) is 3.64. The maximum Gasteiger partial charge on any atom is 0.512 e. The third-order valence-electron chi connectivity index (χ3n) is 1.23. The minimum atomic E-state index is -2.89. The minimum Gasteiger partial charge on any atom is -0.772 e. The van der Waals surface area contributed by atoms with Gasteiger partial charge in [0.1, 0.15) is 0 Å². The third kappa shape index (κ3) is 3.41. The van der Waals surface area contributed by atoms with Gasteiger partial charge in [0.25, 0.3) is 0 Å². The fourth-order valence-electron chi connectivity index (χ4n) is 0.571. The molecule has 5 nitrogen and oxygen atoms in total. The maximum atomic E-state index is 10.3. The zero-order chi connectivity index (χ0) is 8.91. The highest BCUT2D eigenvalue weighted by molar-refractivity contribution is 7.81. The van der Waals surface area contributed by atoms with Crippen molar-refractivity contribution in [1.29, 1.82) is 0 Å². The van der Waals surface area contributed by atoms with E-state index in [-0.39, 0.29) is 5.38 Å². The second-order valence-corrected chi connectivity index (χ2v) is 6.10. The summed E-state index contributed by atoms with van der Waals surface area (Å²) >= 11 is -2.20. The molecule has 0 radical (unpaired) electrons. The van der Waals surface area contributed by atoms with Crippen molar-refractivity contribution in [3.8, 4) is 0 Å². The van der Waals surface area contributed by atoms with Gasteiger partial charge >= 0.3 is 8.80 Å². The summed E-state index contributed by atoms with van der Waals surface area (Å²) in [5, 5.41) is -0.212. The third-order valence-corrected chi connectivity index (χ3v) is 5.45. The van der Waals surface area contributed by atoms with Crippen molar-refractivity contribution < 1.29 is 22.0 Å². The molecule has 0 aliphatic carbocycles. The SMILES string of the molecule is CO[Si](CS(=O)[O-])(OC)OC. The van der Waals surface area contributed by atoms with Crippen LogP contribution in [0.3, 0.4) is 0 Å². The lowest BCUT2D eigenvalue weighted by Gasteiger charge is -2.24. The maximum absolute atomic E-state index is 10.3. The number of hydrogen-bond acceptors (Lipinski definition) is 5. The van der Waals surface area contributed by atoms with E-state index >= 15 is 0 Å². The molecule has 0 amide bonds. The van der Waals surface area contributed by atoms with Crippen LogP contribution in [-0.4, -0.2) is 44.3 Å². The van der Waals surface area contributed by atoms with Crippen molar-refractivity contribution in [2.75, 3.05) is 26.7 Å². The Hall–Kier alpha value is 0.207. The predicted octanol–water partition coefficient (Wildman–Crippen LogP) is -0.717. The van der Waals surface area contributed by atoms with Crippen LogP contribution in [0.25, 0.3) is 0 Å². The molecule has 0 aliphatic rings. The van der Waals surface area contributed by atoms with Crippen LogP contribution in [0.2, 0.25) is 0 Å². The van der Waals surface area contributed by atoms with Crippen LogP contribution >= 0.6 is 0 Å². The van der Waals surface area contributed by atoms with E-state index < -0.39 is 19.9 Å². The molecule has 0 heterocycles. The zero-order valence-electron chi connectivity index (χ0n) is 6.66. The molecule has 68 valence electrons. The Morgan fingerprint density at radius 2 is 1.64 bits per heavy atom. The highest BCUT2D eigenvalue weighted by Gasteiger charge is 2.37.